The minimum absolute atomic E-state index is 0.0275. The fourth-order valence-electron chi connectivity index (χ4n) is 2.80. The topological polar surface area (TPSA) is 29.5 Å². The lowest BCUT2D eigenvalue weighted by Gasteiger charge is -2.21. The average molecular weight is 362 g/mol. The number of rotatable bonds is 2. The van der Waals surface area contributed by atoms with Crippen LogP contribution in [0.25, 0.3) is 0 Å². The van der Waals surface area contributed by atoms with Gasteiger partial charge in [-0.25, -0.2) is 0 Å². The number of hydrogen-bond donors (Lipinski definition) is 1. The summed E-state index contributed by atoms with van der Waals surface area (Å²) in [4.78, 5) is 0. The first-order valence-corrected chi connectivity index (χ1v) is 7.24. The molecule has 2 nitrogen and oxygen atoms in total. The molecule has 2 atom stereocenters. The zero-order valence-electron chi connectivity index (χ0n) is 12.5. The van der Waals surface area contributed by atoms with Crippen molar-refractivity contribution in [2.45, 2.75) is 31.2 Å². The summed E-state index contributed by atoms with van der Waals surface area (Å²) < 4.78 is 83.0. The van der Waals surface area contributed by atoms with Gasteiger partial charge in [0.1, 0.15) is 12.2 Å². The van der Waals surface area contributed by atoms with Gasteiger partial charge in [-0.05, 0) is 34.9 Å². The summed E-state index contributed by atoms with van der Waals surface area (Å²) >= 11 is 0. The molecule has 3 rings (SSSR count). The van der Waals surface area contributed by atoms with Gasteiger partial charge in [-0.3, -0.25) is 0 Å². The zero-order chi connectivity index (χ0) is 18.4. The van der Waals surface area contributed by atoms with E-state index < -0.39 is 41.3 Å². The lowest BCUT2D eigenvalue weighted by molar-refractivity contribution is -0.143. The van der Waals surface area contributed by atoms with Crippen molar-refractivity contribution in [2.24, 2.45) is 0 Å². The molecule has 1 aliphatic heterocycles. The van der Waals surface area contributed by atoms with Crippen molar-refractivity contribution >= 4 is 0 Å². The maximum Gasteiger partial charge on any atom is 0.416 e. The van der Waals surface area contributed by atoms with Crippen molar-refractivity contribution in [3.63, 3.8) is 0 Å². The molecular weight excluding hydrogens is 350 g/mol. The second-order valence-electron chi connectivity index (χ2n) is 5.71. The first-order valence-electron chi connectivity index (χ1n) is 7.24. The number of aliphatic hydroxyl groups excluding tert-OH is 1. The molecule has 134 valence electrons. The molecule has 0 bridgehead atoms. The van der Waals surface area contributed by atoms with E-state index in [1.54, 1.807) is 24.3 Å². The zero-order valence-corrected chi connectivity index (χ0v) is 12.5. The van der Waals surface area contributed by atoms with Crippen molar-refractivity contribution in [1.82, 2.24) is 0 Å². The predicted molar refractivity (Wildman–Crippen MR) is 75.4 cm³/mol. The van der Waals surface area contributed by atoms with Gasteiger partial charge in [0.05, 0.1) is 17.7 Å². The van der Waals surface area contributed by atoms with Crippen molar-refractivity contribution < 1.29 is 36.2 Å². The number of aliphatic hydroxyl groups is 1. The Labute approximate surface area is 138 Å². The number of hydrogen-bond acceptors (Lipinski definition) is 2. The van der Waals surface area contributed by atoms with E-state index in [0.29, 0.717) is 17.7 Å². The minimum atomic E-state index is -4.97. The minimum Gasteiger partial charge on any atom is -0.385 e. The lowest BCUT2D eigenvalue weighted by Crippen LogP contribution is -2.15. The fraction of sp³-hybridized carbons (Fsp3) is 0.294. The van der Waals surface area contributed by atoms with Gasteiger partial charge >= 0.3 is 12.4 Å². The van der Waals surface area contributed by atoms with Crippen LogP contribution in [-0.2, 0) is 23.7 Å². The first-order chi connectivity index (χ1) is 11.6. The van der Waals surface area contributed by atoms with E-state index >= 15 is 0 Å². The number of benzene rings is 2. The third kappa shape index (κ3) is 3.50. The number of halogens is 6. The molecule has 1 aliphatic rings. The highest BCUT2D eigenvalue weighted by Gasteiger charge is 2.39. The van der Waals surface area contributed by atoms with E-state index in [1.165, 1.54) is 0 Å². The number of ether oxygens (including phenoxy) is 1. The molecule has 0 unspecified atom stereocenters. The van der Waals surface area contributed by atoms with Crippen molar-refractivity contribution in [2.75, 3.05) is 0 Å². The smallest absolute Gasteiger partial charge is 0.385 e. The second kappa shape index (κ2) is 6.03. The maximum absolute atomic E-state index is 12.9. The van der Waals surface area contributed by atoms with Gasteiger partial charge in [0.15, 0.2) is 0 Å². The Morgan fingerprint density at radius 1 is 0.920 bits per heavy atom. The Kier molecular flexibility index (Phi) is 4.28. The first kappa shape index (κ1) is 17.8. The van der Waals surface area contributed by atoms with Gasteiger partial charge in [0, 0.05) is 0 Å². The van der Waals surface area contributed by atoms with Crippen LogP contribution in [0.1, 0.15) is 40.0 Å². The Bertz CT molecular complexity index is 749. The van der Waals surface area contributed by atoms with Gasteiger partial charge in [-0.2, -0.15) is 26.3 Å². The summed E-state index contributed by atoms with van der Waals surface area (Å²) in [6, 6.07) is 7.78. The van der Waals surface area contributed by atoms with Crippen LogP contribution in [-0.4, -0.2) is 5.11 Å². The normalized spacial score (nSPS) is 18.9. The highest BCUT2D eigenvalue weighted by Crippen LogP contribution is 2.43. The molecule has 25 heavy (non-hydrogen) atoms. The van der Waals surface area contributed by atoms with Crippen LogP contribution in [0.3, 0.4) is 0 Å². The molecule has 0 radical (unpaired) electrons. The lowest BCUT2D eigenvalue weighted by atomic mass is 9.94. The summed E-state index contributed by atoms with van der Waals surface area (Å²) in [6.45, 7) is 0.128. The molecule has 0 saturated heterocycles. The van der Waals surface area contributed by atoms with E-state index in [4.69, 9.17) is 4.74 Å². The summed E-state index contributed by atoms with van der Waals surface area (Å²) in [5.74, 6) is 0. The molecule has 0 aromatic heterocycles. The van der Waals surface area contributed by atoms with E-state index in [2.05, 4.69) is 0 Å². The average Bonchev–Trinajstić information content (AvgIpc) is 2.96. The Morgan fingerprint density at radius 2 is 1.48 bits per heavy atom. The third-order valence-electron chi connectivity index (χ3n) is 4.02. The second-order valence-corrected chi connectivity index (χ2v) is 5.71. The van der Waals surface area contributed by atoms with E-state index in [0.717, 1.165) is 5.56 Å². The van der Waals surface area contributed by atoms with Crippen LogP contribution in [0, 0.1) is 0 Å². The van der Waals surface area contributed by atoms with E-state index in [1.807, 2.05) is 0 Å². The molecule has 1 N–H and O–H groups in total. The standard InChI is InChI=1S/C17H12F6O2/c18-16(19,20)11-5-10(6-12(7-11)17(21,22)23)14(24)15-13-4-2-1-3-9(13)8-25-15/h1-7,14-15,24H,8H2/t14-,15-/m0/s1. The quantitative estimate of drug-likeness (QED) is 0.760. The van der Waals surface area contributed by atoms with Crippen molar-refractivity contribution in [1.29, 1.82) is 0 Å². The monoisotopic (exact) mass is 362 g/mol. The summed E-state index contributed by atoms with van der Waals surface area (Å²) in [5.41, 5.74) is -2.16. The molecule has 0 amide bonds. The van der Waals surface area contributed by atoms with Gasteiger partial charge in [0.2, 0.25) is 0 Å². The highest BCUT2D eigenvalue weighted by molar-refractivity contribution is 5.38. The summed E-state index contributed by atoms with van der Waals surface area (Å²) in [6.07, 6.45) is -12.6. The van der Waals surface area contributed by atoms with Crippen LogP contribution in [0.15, 0.2) is 42.5 Å². The van der Waals surface area contributed by atoms with Crippen LogP contribution < -0.4 is 0 Å². The summed E-state index contributed by atoms with van der Waals surface area (Å²) in [7, 11) is 0. The Morgan fingerprint density at radius 3 is 2.04 bits per heavy atom. The van der Waals surface area contributed by atoms with Gasteiger partial charge in [0.25, 0.3) is 0 Å². The largest absolute Gasteiger partial charge is 0.416 e. The maximum atomic E-state index is 12.9. The molecule has 2 aromatic carbocycles. The van der Waals surface area contributed by atoms with Crippen LogP contribution in [0.2, 0.25) is 0 Å². The Balaban J connectivity index is 2.04. The molecule has 0 fully saturated rings. The predicted octanol–water partition coefficient (Wildman–Crippen LogP) is 5.03. The van der Waals surface area contributed by atoms with E-state index in [9.17, 15) is 31.4 Å². The molecule has 8 heteroatoms. The SMILES string of the molecule is O[C@@H](c1cc(C(F)(F)F)cc(C(F)(F)F)c1)[C@H]1OCc2ccccc21. The molecule has 0 spiro atoms. The highest BCUT2D eigenvalue weighted by atomic mass is 19.4. The van der Waals surface area contributed by atoms with E-state index in [-0.39, 0.29) is 12.7 Å². The van der Waals surface area contributed by atoms with Crippen LogP contribution in [0.4, 0.5) is 26.3 Å². The fourth-order valence-corrected chi connectivity index (χ4v) is 2.80. The third-order valence-corrected chi connectivity index (χ3v) is 4.02. The van der Waals surface area contributed by atoms with Crippen LogP contribution >= 0.6 is 0 Å². The molecular formula is C17H12F6O2. The molecule has 1 heterocycles. The number of alkyl halides is 6. The van der Waals surface area contributed by atoms with Crippen molar-refractivity contribution in [3.05, 3.63) is 70.3 Å². The van der Waals surface area contributed by atoms with Crippen LogP contribution in [0.5, 0.6) is 0 Å². The Hall–Kier alpha value is -2.06. The van der Waals surface area contributed by atoms with Gasteiger partial charge < -0.3 is 9.84 Å². The molecule has 0 aliphatic carbocycles. The van der Waals surface area contributed by atoms with Gasteiger partial charge in [-0.15, -0.1) is 0 Å². The number of fused-ring (bicyclic) bond motifs is 1. The van der Waals surface area contributed by atoms with Crippen molar-refractivity contribution in [3.8, 4) is 0 Å². The summed E-state index contributed by atoms with van der Waals surface area (Å²) in [5, 5.41) is 10.4. The molecule has 0 saturated carbocycles. The van der Waals surface area contributed by atoms with Gasteiger partial charge in [-0.1, -0.05) is 24.3 Å². The molecule has 2 aromatic rings.